The molecule has 1 aliphatic heterocycles. The normalized spacial score (nSPS) is 14.0. The fourth-order valence-electron chi connectivity index (χ4n) is 2.61. The van der Waals surface area contributed by atoms with Gasteiger partial charge in [-0.3, -0.25) is 14.5 Å². The lowest BCUT2D eigenvalue weighted by Crippen LogP contribution is -2.40. The van der Waals surface area contributed by atoms with Crippen LogP contribution in [0.3, 0.4) is 0 Å². The molecule has 0 saturated heterocycles. The average Bonchev–Trinajstić information content (AvgIpc) is 2.56. The van der Waals surface area contributed by atoms with Crippen molar-refractivity contribution in [1.82, 2.24) is 10.0 Å². The van der Waals surface area contributed by atoms with Crippen LogP contribution < -0.4 is 4.90 Å². The van der Waals surface area contributed by atoms with E-state index in [1.165, 1.54) is 12.2 Å². The van der Waals surface area contributed by atoms with Gasteiger partial charge in [-0.1, -0.05) is 6.07 Å². The molecule has 0 saturated carbocycles. The van der Waals surface area contributed by atoms with Crippen LogP contribution in [0.2, 0.25) is 0 Å². The second-order valence-electron chi connectivity index (χ2n) is 7.09. The Morgan fingerprint density at radius 3 is 2.68 bits per heavy atom. The van der Waals surface area contributed by atoms with Crippen LogP contribution in [0.15, 0.2) is 12.1 Å². The molecule has 0 N–H and O–H groups in total. The molecular formula is C18H27N3O4. The van der Waals surface area contributed by atoms with Gasteiger partial charge in [0.05, 0.1) is 7.11 Å². The van der Waals surface area contributed by atoms with E-state index in [1.807, 2.05) is 32.9 Å². The lowest BCUT2D eigenvalue weighted by atomic mass is 10.0. The van der Waals surface area contributed by atoms with Gasteiger partial charge < -0.3 is 4.74 Å². The molecule has 0 radical (unpaired) electrons. The third-order valence-electron chi connectivity index (χ3n) is 3.93. The Hall–Kier alpha value is -2.15. The number of rotatable bonds is 4. The number of amides is 2. The van der Waals surface area contributed by atoms with Crippen molar-refractivity contribution < 1.29 is 19.2 Å². The molecule has 0 aromatic carbocycles. The minimum atomic E-state index is -0.552. The second kappa shape index (κ2) is 7.82. The number of nitrogens with zero attached hydrogens (tertiary/aromatic N) is 3. The molecule has 25 heavy (non-hydrogen) atoms. The number of ether oxygens (including phenoxy) is 1. The number of hydroxylamine groups is 2. The smallest absolute Gasteiger partial charge is 0.416 e. The fraction of sp³-hybridized carbons (Fsp3) is 0.611. The number of pyridine rings is 1. The van der Waals surface area contributed by atoms with Crippen LogP contribution in [0.4, 0.5) is 10.6 Å². The van der Waals surface area contributed by atoms with Gasteiger partial charge in [-0.05, 0) is 51.7 Å². The van der Waals surface area contributed by atoms with Gasteiger partial charge in [0.25, 0.3) is 0 Å². The minimum absolute atomic E-state index is 0.119. The van der Waals surface area contributed by atoms with E-state index in [2.05, 4.69) is 4.98 Å². The van der Waals surface area contributed by atoms with Crippen molar-refractivity contribution in [3.8, 4) is 0 Å². The Balaban J connectivity index is 2.14. The number of fused-ring (bicyclic) bond motifs is 1. The first-order valence-corrected chi connectivity index (χ1v) is 8.51. The molecule has 1 aromatic rings. The summed E-state index contributed by atoms with van der Waals surface area (Å²) in [6, 6.07) is 3.90. The summed E-state index contributed by atoms with van der Waals surface area (Å²) in [6.45, 7) is 6.12. The topological polar surface area (TPSA) is 72.0 Å². The molecule has 2 rings (SSSR count). The van der Waals surface area contributed by atoms with Crippen LogP contribution in [0, 0.1) is 0 Å². The molecule has 138 valence electrons. The third kappa shape index (κ3) is 5.16. The molecule has 2 heterocycles. The number of hydrogen-bond acceptors (Lipinski definition) is 5. The van der Waals surface area contributed by atoms with E-state index < -0.39 is 5.60 Å². The Bertz CT molecular complexity index is 640. The zero-order chi connectivity index (χ0) is 18.6. The van der Waals surface area contributed by atoms with Crippen molar-refractivity contribution >= 4 is 17.8 Å². The summed E-state index contributed by atoms with van der Waals surface area (Å²) in [6.07, 6.45) is 2.16. The van der Waals surface area contributed by atoms with Crippen molar-refractivity contribution in [1.29, 1.82) is 0 Å². The van der Waals surface area contributed by atoms with E-state index in [1.54, 1.807) is 11.9 Å². The Labute approximate surface area is 148 Å². The highest BCUT2D eigenvalue weighted by atomic mass is 16.7. The maximum absolute atomic E-state index is 12.5. The molecule has 0 unspecified atom stereocenters. The minimum Gasteiger partial charge on any atom is -0.443 e. The van der Waals surface area contributed by atoms with Gasteiger partial charge in [0.15, 0.2) is 0 Å². The van der Waals surface area contributed by atoms with Crippen LogP contribution in [0.1, 0.15) is 44.9 Å². The number of carbonyl (C=O) groups excluding carboxylic acids is 2. The zero-order valence-corrected chi connectivity index (χ0v) is 15.7. The largest absolute Gasteiger partial charge is 0.443 e. The summed E-state index contributed by atoms with van der Waals surface area (Å²) >= 11 is 0. The van der Waals surface area contributed by atoms with E-state index in [0.29, 0.717) is 25.2 Å². The summed E-state index contributed by atoms with van der Waals surface area (Å²) in [5.41, 5.74) is 1.25. The molecule has 7 nitrogen and oxygen atoms in total. The number of aromatic nitrogens is 1. The predicted molar refractivity (Wildman–Crippen MR) is 94.2 cm³/mol. The highest BCUT2D eigenvalue weighted by molar-refractivity contribution is 5.88. The first-order valence-electron chi connectivity index (χ1n) is 8.51. The highest BCUT2D eigenvalue weighted by Crippen LogP contribution is 2.27. The summed E-state index contributed by atoms with van der Waals surface area (Å²) < 4.78 is 5.49. The molecule has 1 aliphatic rings. The molecular weight excluding hydrogens is 322 g/mol. The van der Waals surface area contributed by atoms with E-state index >= 15 is 0 Å². The van der Waals surface area contributed by atoms with Crippen molar-refractivity contribution in [2.75, 3.05) is 25.6 Å². The van der Waals surface area contributed by atoms with Gasteiger partial charge >= 0.3 is 6.09 Å². The molecule has 0 bridgehead atoms. The summed E-state index contributed by atoms with van der Waals surface area (Å²) in [7, 11) is 3.03. The molecule has 7 heteroatoms. The van der Waals surface area contributed by atoms with Crippen LogP contribution in [-0.2, 0) is 27.2 Å². The van der Waals surface area contributed by atoms with E-state index in [-0.39, 0.29) is 12.0 Å². The number of hydrogen-bond donors (Lipinski definition) is 0. The lowest BCUT2D eigenvalue weighted by molar-refractivity contribution is -0.168. The van der Waals surface area contributed by atoms with Crippen LogP contribution in [0.5, 0.6) is 0 Å². The number of anilines is 1. The quantitative estimate of drug-likeness (QED) is 0.782. The third-order valence-corrected chi connectivity index (χ3v) is 3.93. The van der Waals surface area contributed by atoms with Gasteiger partial charge in [-0.15, -0.1) is 0 Å². The van der Waals surface area contributed by atoms with Crippen LogP contribution >= 0.6 is 0 Å². The first kappa shape index (κ1) is 19.2. The Morgan fingerprint density at radius 2 is 2.04 bits per heavy atom. The second-order valence-corrected chi connectivity index (χ2v) is 7.09. The van der Waals surface area contributed by atoms with Crippen LogP contribution in [0.25, 0.3) is 0 Å². The first-order chi connectivity index (χ1) is 11.7. The lowest BCUT2D eigenvalue weighted by Gasteiger charge is -2.31. The van der Waals surface area contributed by atoms with E-state index in [0.717, 1.165) is 24.1 Å². The van der Waals surface area contributed by atoms with Crippen molar-refractivity contribution in [2.24, 2.45) is 0 Å². The standard InChI is InChI=1S/C18H27N3O4/c1-18(2,3)25-17(23)21-12-6-7-13-8-9-14(19-16(13)21)10-11-15(22)20(4)24-5/h8-9H,6-7,10-12H2,1-5H3. The van der Waals surface area contributed by atoms with E-state index in [4.69, 9.17) is 9.57 Å². The molecule has 0 aliphatic carbocycles. The average molecular weight is 349 g/mol. The monoisotopic (exact) mass is 349 g/mol. The molecule has 0 atom stereocenters. The molecule has 2 amide bonds. The fourth-order valence-corrected chi connectivity index (χ4v) is 2.61. The zero-order valence-electron chi connectivity index (χ0n) is 15.7. The Kier molecular flexibility index (Phi) is 6.00. The Morgan fingerprint density at radius 1 is 1.32 bits per heavy atom. The molecule has 1 aromatic heterocycles. The van der Waals surface area contributed by atoms with Gasteiger partial charge in [0.1, 0.15) is 11.4 Å². The SMILES string of the molecule is CON(C)C(=O)CCc1ccc2c(n1)N(C(=O)OC(C)(C)C)CCC2. The predicted octanol–water partition coefficient (Wildman–Crippen LogP) is 2.72. The summed E-state index contributed by atoms with van der Waals surface area (Å²) in [5, 5.41) is 1.20. The van der Waals surface area contributed by atoms with Gasteiger partial charge in [0, 0.05) is 25.7 Å². The van der Waals surface area contributed by atoms with Gasteiger partial charge in [-0.2, -0.15) is 0 Å². The van der Waals surface area contributed by atoms with Crippen LogP contribution in [-0.4, -0.2) is 48.4 Å². The maximum Gasteiger partial charge on any atom is 0.416 e. The van der Waals surface area contributed by atoms with Crippen molar-refractivity contribution in [3.63, 3.8) is 0 Å². The maximum atomic E-state index is 12.5. The van der Waals surface area contributed by atoms with Crippen molar-refractivity contribution in [2.45, 2.75) is 52.1 Å². The van der Waals surface area contributed by atoms with Gasteiger partial charge in [0.2, 0.25) is 5.91 Å². The number of carbonyl (C=O) groups is 2. The number of aryl methyl sites for hydroxylation is 2. The van der Waals surface area contributed by atoms with Crippen molar-refractivity contribution in [3.05, 3.63) is 23.4 Å². The molecule has 0 fully saturated rings. The van der Waals surface area contributed by atoms with Gasteiger partial charge in [-0.25, -0.2) is 14.8 Å². The summed E-state index contributed by atoms with van der Waals surface area (Å²) in [4.78, 5) is 35.4. The highest BCUT2D eigenvalue weighted by Gasteiger charge is 2.28. The van der Waals surface area contributed by atoms with E-state index in [9.17, 15) is 9.59 Å². The molecule has 0 spiro atoms. The summed E-state index contributed by atoms with van der Waals surface area (Å²) in [5.74, 6) is 0.525.